The van der Waals surface area contributed by atoms with E-state index < -0.39 is 0 Å². The molecular weight excluding hydrogens is 370 g/mol. The van der Waals surface area contributed by atoms with Gasteiger partial charge in [0.15, 0.2) is 23.0 Å². The Morgan fingerprint density at radius 1 is 0.690 bits per heavy atom. The van der Waals surface area contributed by atoms with Crippen LogP contribution in [-0.2, 0) is 0 Å². The zero-order chi connectivity index (χ0) is 20.4. The molecule has 0 aliphatic rings. The molecule has 7 heteroatoms. The van der Waals surface area contributed by atoms with Gasteiger partial charge in [0.1, 0.15) is 5.75 Å². The number of methoxy groups -OCH3 is 4. The fraction of sp³-hybridized carbons (Fsp3) is 0.182. The summed E-state index contributed by atoms with van der Waals surface area (Å²) < 4.78 is 23.6. The van der Waals surface area contributed by atoms with Gasteiger partial charge in [-0.15, -0.1) is 10.2 Å². The summed E-state index contributed by atoms with van der Waals surface area (Å²) in [5, 5.41) is 8.67. The molecule has 0 radical (unpaired) electrons. The molecule has 29 heavy (non-hydrogen) atoms. The van der Waals surface area contributed by atoms with Crippen LogP contribution in [0.2, 0.25) is 0 Å². The predicted molar refractivity (Wildman–Crippen MR) is 110 cm³/mol. The van der Waals surface area contributed by atoms with Crippen LogP contribution in [-0.4, -0.2) is 43.0 Å². The number of ether oxygens (including phenoxy) is 4. The summed E-state index contributed by atoms with van der Waals surface area (Å²) in [7, 11) is 6.41. The van der Waals surface area contributed by atoms with Crippen LogP contribution in [0.3, 0.4) is 0 Å². The predicted octanol–water partition coefficient (Wildman–Crippen LogP) is 4.10. The Bertz CT molecular complexity index is 1140. The van der Waals surface area contributed by atoms with E-state index in [1.54, 1.807) is 28.4 Å². The van der Waals surface area contributed by atoms with Crippen molar-refractivity contribution in [2.45, 2.75) is 0 Å². The van der Waals surface area contributed by atoms with Gasteiger partial charge in [0.25, 0.3) is 0 Å². The van der Waals surface area contributed by atoms with Crippen molar-refractivity contribution >= 4 is 5.65 Å². The highest BCUT2D eigenvalue weighted by Gasteiger charge is 2.17. The van der Waals surface area contributed by atoms with E-state index in [0.717, 1.165) is 28.1 Å². The van der Waals surface area contributed by atoms with E-state index in [1.807, 2.05) is 59.1 Å². The van der Waals surface area contributed by atoms with Crippen LogP contribution >= 0.6 is 0 Å². The minimum atomic E-state index is 0.532. The average Bonchev–Trinajstić information content (AvgIpc) is 3.21. The number of nitrogens with zero attached hydrogens (tertiary/aromatic N) is 3. The number of rotatable bonds is 6. The van der Waals surface area contributed by atoms with Gasteiger partial charge in [-0.1, -0.05) is 12.1 Å². The SMILES string of the molecule is COc1cccc(-c2ccc3nnc(-c4cc(OC)c(OC)c(OC)c4)n3c2)c1. The van der Waals surface area contributed by atoms with Crippen LogP contribution in [0.25, 0.3) is 28.2 Å². The minimum Gasteiger partial charge on any atom is -0.497 e. The van der Waals surface area contributed by atoms with Crippen LogP contribution in [0, 0.1) is 0 Å². The van der Waals surface area contributed by atoms with Crippen molar-refractivity contribution < 1.29 is 18.9 Å². The Morgan fingerprint density at radius 3 is 2.10 bits per heavy atom. The lowest BCUT2D eigenvalue weighted by Crippen LogP contribution is -1.97. The van der Waals surface area contributed by atoms with E-state index in [-0.39, 0.29) is 0 Å². The van der Waals surface area contributed by atoms with Crippen molar-refractivity contribution in [1.82, 2.24) is 14.6 Å². The summed E-state index contributed by atoms with van der Waals surface area (Å²) in [6, 6.07) is 15.6. The summed E-state index contributed by atoms with van der Waals surface area (Å²) in [5.74, 6) is 3.12. The van der Waals surface area contributed by atoms with Crippen molar-refractivity contribution in [3.8, 4) is 45.5 Å². The molecular formula is C22H21N3O4. The summed E-state index contributed by atoms with van der Waals surface area (Å²) in [6.45, 7) is 0. The second-order valence-electron chi connectivity index (χ2n) is 6.32. The number of fused-ring (bicyclic) bond motifs is 1. The molecule has 2 aromatic carbocycles. The van der Waals surface area contributed by atoms with E-state index in [2.05, 4.69) is 10.2 Å². The summed E-state index contributed by atoms with van der Waals surface area (Å²) in [4.78, 5) is 0. The van der Waals surface area contributed by atoms with Crippen molar-refractivity contribution in [3.63, 3.8) is 0 Å². The van der Waals surface area contributed by atoms with Gasteiger partial charge in [-0.25, -0.2) is 0 Å². The Kier molecular flexibility index (Phi) is 4.95. The first-order valence-corrected chi connectivity index (χ1v) is 8.98. The molecule has 4 aromatic rings. The third-order valence-corrected chi connectivity index (χ3v) is 4.73. The third-order valence-electron chi connectivity index (χ3n) is 4.73. The molecule has 0 atom stereocenters. The fourth-order valence-electron chi connectivity index (χ4n) is 3.27. The van der Waals surface area contributed by atoms with Crippen molar-refractivity contribution in [2.75, 3.05) is 28.4 Å². The number of hydrogen-bond donors (Lipinski definition) is 0. The molecule has 7 nitrogen and oxygen atoms in total. The second-order valence-corrected chi connectivity index (χ2v) is 6.32. The number of pyridine rings is 1. The molecule has 0 spiro atoms. The third kappa shape index (κ3) is 3.31. The van der Waals surface area contributed by atoms with E-state index in [0.29, 0.717) is 23.1 Å². The van der Waals surface area contributed by atoms with Gasteiger partial charge in [-0.3, -0.25) is 4.40 Å². The maximum Gasteiger partial charge on any atom is 0.203 e. The smallest absolute Gasteiger partial charge is 0.203 e. The van der Waals surface area contributed by atoms with Gasteiger partial charge in [-0.2, -0.15) is 0 Å². The summed E-state index contributed by atoms with van der Waals surface area (Å²) in [6.07, 6.45) is 2.00. The first-order valence-electron chi connectivity index (χ1n) is 8.98. The van der Waals surface area contributed by atoms with Crippen LogP contribution in [0.15, 0.2) is 54.7 Å². The highest BCUT2D eigenvalue weighted by Crippen LogP contribution is 2.41. The lowest BCUT2D eigenvalue weighted by atomic mass is 10.1. The van der Waals surface area contributed by atoms with Crippen LogP contribution < -0.4 is 18.9 Å². The van der Waals surface area contributed by atoms with Gasteiger partial charge in [0, 0.05) is 11.8 Å². The summed E-state index contributed by atoms with van der Waals surface area (Å²) in [5.41, 5.74) is 3.59. The molecule has 0 unspecified atom stereocenters. The quantitative estimate of drug-likeness (QED) is 0.493. The van der Waals surface area contributed by atoms with Gasteiger partial charge in [0.05, 0.1) is 28.4 Å². The molecule has 0 saturated heterocycles. The van der Waals surface area contributed by atoms with E-state index in [9.17, 15) is 0 Å². The first-order chi connectivity index (χ1) is 14.2. The molecule has 0 aliphatic carbocycles. The van der Waals surface area contributed by atoms with Crippen LogP contribution in [0.1, 0.15) is 0 Å². The minimum absolute atomic E-state index is 0.532. The Hall–Kier alpha value is -3.74. The Labute approximate surface area is 168 Å². The average molecular weight is 391 g/mol. The van der Waals surface area contributed by atoms with E-state index in [1.165, 1.54) is 0 Å². The standard InChI is InChI=1S/C22H21N3O4/c1-26-17-7-5-6-14(10-17)15-8-9-20-23-24-22(25(20)13-15)16-11-18(27-2)21(29-4)19(12-16)28-3/h5-13H,1-4H3. The van der Waals surface area contributed by atoms with Gasteiger partial charge >= 0.3 is 0 Å². The molecule has 0 aliphatic heterocycles. The van der Waals surface area contributed by atoms with Gasteiger partial charge in [-0.05, 0) is 47.5 Å². The molecule has 4 rings (SSSR count). The van der Waals surface area contributed by atoms with Crippen molar-refractivity contribution in [1.29, 1.82) is 0 Å². The van der Waals surface area contributed by atoms with Gasteiger partial charge in [0.2, 0.25) is 5.75 Å². The Balaban J connectivity index is 1.87. The monoisotopic (exact) mass is 391 g/mol. The molecule has 0 N–H and O–H groups in total. The fourth-order valence-corrected chi connectivity index (χ4v) is 3.27. The van der Waals surface area contributed by atoms with Crippen LogP contribution in [0.5, 0.6) is 23.0 Å². The summed E-state index contributed by atoms with van der Waals surface area (Å²) >= 11 is 0. The largest absolute Gasteiger partial charge is 0.497 e. The lowest BCUT2D eigenvalue weighted by Gasteiger charge is -2.13. The number of aromatic nitrogens is 3. The first kappa shape index (κ1) is 18.6. The molecule has 0 amide bonds. The molecule has 148 valence electrons. The zero-order valence-corrected chi connectivity index (χ0v) is 16.7. The highest BCUT2D eigenvalue weighted by atomic mass is 16.5. The van der Waals surface area contributed by atoms with E-state index >= 15 is 0 Å². The second kappa shape index (κ2) is 7.71. The van der Waals surface area contributed by atoms with Crippen molar-refractivity contribution in [3.05, 3.63) is 54.7 Å². The number of hydrogen-bond acceptors (Lipinski definition) is 6. The molecule has 2 aromatic heterocycles. The van der Waals surface area contributed by atoms with E-state index in [4.69, 9.17) is 18.9 Å². The zero-order valence-electron chi connectivity index (χ0n) is 16.7. The Morgan fingerprint density at radius 2 is 1.45 bits per heavy atom. The van der Waals surface area contributed by atoms with Gasteiger partial charge < -0.3 is 18.9 Å². The number of benzene rings is 2. The molecule has 0 saturated carbocycles. The topological polar surface area (TPSA) is 67.1 Å². The maximum atomic E-state index is 5.47. The molecule has 2 heterocycles. The molecule has 0 bridgehead atoms. The normalized spacial score (nSPS) is 10.8. The van der Waals surface area contributed by atoms with Crippen LogP contribution in [0.4, 0.5) is 0 Å². The van der Waals surface area contributed by atoms with Crippen molar-refractivity contribution in [2.24, 2.45) is 0 Å². The highest BCUT2D eigenvalue weighted by molar-refractivity contribution is 5.71. The lowest BCUT2D eigenvalue weighted by molar-refractivity contribution is 0.324. The molecule has 0 fully saturated rings. The maximum absolute atomic E-state index is 5.47.